The van der Waals surface area contributed by atoms with E-state index in [0.717, 1.165) is 35.1 Å². The zero-order chi connectivity index (χ0) is 11.7. The summed E-state index contributed by atoms with van der Waals surface area (Å²) < 4.78 is 0. The van der Waals surface area contributed by atoms with E-state index in [-0.39, 0.29) is 0 Å². The standard InChI is InChI=1S/C12H20N4S/c1-2-13-12-15-14-11(17-12)8-16-6-9-4-3-5-10(9)7-16/h9-10H,2-8H2,1H3,(H,13,15). The van der Waals surface area contributed by atoms with Gasteiger partial charge in [-0.05, 0) is 31.6 Å². The van der Waals surface area contributed by atoms with Crippen molar-refractivity contribution in [3.8, 4) is 0 Å². The smallest absolute Gasteiger partial charge is 0.205 e. The van der Waals surface area contributed by atoms with Crippen LogP contribution in [-0.2, 0) is 6.54 Å². The number of anilines is 1. The Bertz CT molecular complexity index is 366. The monoisotopic (exact) mass is 252 g/mol. The molecule has 5 heteroatoms. The number of fused-ring (bicyclic) bond motifs is 1. The molecule has 1 aromatic rings. The molecule has 2 atom stereocenters. The van der Waals surface area contributed by atoms with Gasteiger partial charge in [-0.2, -0.15) is 0 Å². The molecule has 2 unspecified atom stereocenters. The maximum Gasteiger partial charge on any atom is 0.205 e. The predicted octanol–water partition coefficient (Wildman–Crippen LogP) is 2.20. The van der Waals surface area contributed by atoms with Crippen LogP contribution in [0, 0.1) is 11.8 Å². The fourth-order valence-corrected chi connectivity index (χ4v) is 4.04. The van der Waals surface area contributed by atoms with Crippen molar-refractivity contribution in [1.29, 1.82) is 0 Å². The van der Waals surface area contributed by atoms with Crippen LogP contribution < -0.4 is 5.32 Å². The van der Waals surface area contributed by atoms with Gasteiger partial charge in [-0.15, -0.1) is 10.2 Å². The number of likely N-dealkylation sites (tertiary alicyclic amines) is 1. The molecule has 1 saturated carbocycles. The lowest BCUT2D eigenvalue weighted by molar-refractivity contribution is 0.302. The predicted molar refractivity (Wildman–Crippen MR) is 70.2 cm³/mol. The average Bonchev–Trinajstić information content (AvgIpc) is 2.95. The lowest BCUT2D eigenvalue weighted by Gasteiger charge is -2.13. The number of hydrogen-bond donors (Lipinski definition) is 1. The summed E-state index contributed by atoms with van der Waals surface area (Å²) >= 11 is 1.70. The first-order valence-corrected chi connectivity index (χ1v) is 7.45. The van der Waals surface area contributed by atoms with Crippen molar-refractivity contribution < 1.29 is 0 Å². The second kappa shape index (κ2) is 4.90. The van der Waals surface area contributed by atoms with E-state index in [0.29, 0.717) is 0 Å². The topological polar surface area (TPSA) is 41.1 Å². The molecule has 0 amide bonds. The molecular formula is C12H20N4S. The van der Waals surface area contributed by atoms with Crippen LogP contribution in [0.2, 0.25) is 0 Å². The molecule has 0 radical (unpaired) electrons. The Morgan fingerprint density at radius 1 is 1.29 bits per heavy atom. The minimum absolute atomic E-state index is 0.919. The first-order chi connectivity index (χ1) is 8.35. The Labute approximate surface area is 106 Å². The molecule has 2 fully saturated rings. The molecule has 1 N–H and O–H groups in total. The highest BCUT2D eigenvalue weighted by atomic mass is 32.1. The van der Waals surface area contributed by atoms with Gasteiger partial charge in [-0.3, -0.25) is 4.90 Å². The van der Waals surface area contributed by atoms with Crippen LogP contribution >= 0.6 is 11.3 Å². The molecule has 4 nitrogen and oxygen atoms in total. The second-order valence-corrected chi connectivity index (χ2v) is 6.24. The molecule has 1 aliphatic heterocycles. The quantitative estimate of drug-likeness (QED) is 0.892. The van der Waals surface area contributed by atoms with E-state index in [4.69, 9.17) is 0 Å². The molecule has 2 aliphatic rings. The molecule has 2 heterocycles. The van der Waals surface area contributed by atoms with E-state index in [1.165, 1.54) is 32.4 Å². The van der Waals surface area contributed by atoms with Crippen LogP contribution in [0.5, 0.6) is 0 Å². The summed E-state index contributed by atoms with van der Waals surface area (Å²) in [7, 11) is 0. The lowest BCUT2D eigenvalue weighted by atomic mass is 10.0. The van der Waals surface area contributed by atoms with Crippen molar-refractivity contribution in [2.45, 2.75) is 32.7 Å². The fraction of sp³-hybridized carbons (Fsp3) is 0.833. The third kappa shape index (κ3) is 2.45. The molecule has 0 bridgehead atoms. The second-order valence-electron chi connectivity index (χ2n) is 5.18. The highest BCUT2D eigenvalue weighted by Gasteiger charge is 2.36. The molecule has 17 heavy (non-hydrogen) atoms. The van der Waals surface area contributed by atoms with Gasteiger partial charge in [0.25, 0.3) is 0 Å². The van der Waals surface area contributed by atoms with Gasteiger partial charge in [-0.1, -0.05) is 17.8 Å². The Morgan fingerprint density at radius 2 is 2.06 bits per heavy atom. The summed E-state index contributed by atoms with van der Waals surface area (Å²) in [6.07, 6.45) is 4.34. The van der Waals surface area contributed by atoms with E-state index in [2.05, 4.69) is 27.3 Å². The van der Waals surface area contributed by atoms with E-state index >= 15 is 0 Å². The van der Waals surface area contributed by atoms with Gasteiger partial charge in [0, 0.05) is 19.6 Å². The number of hydrogen-bond acceptors (Lipinski definition) is 5. The van der Waals surface area contributed by atoms with Gasteiger partial charge < -0.3 is 5.32 Å². The molecule has 94 valence electrons. The third-order valence-corrected chi connectivity index (χ3v) is 4.82. The Balaban J connectivity index is 1.56. The minimum Gasteiger partial charge on any atom is -0.360 e. The van der Waals surface area contributed by atoms with E-state index in [9.17, 15) is 0 Å². The third-order valence-electron chi connectivity index (χ3n) is 3.96. The minimum atomic E-state index is 0.919. The van der Waals surface area contributed by atoms with Gasteiger partial charge in [0.15, 0.2) is 0 Å². The average molecular weight is 252 g/mol. The number of rotatable bonds is 4. The zero-order valence-electron chi connectivity index (χ0n) is 10.4. The summed E-state index contributed by atoms with van der Waals surface area (Å²) in [6.45, 7) is 6.56. The molecule has 1 aliphatic carbocycles. The van der Waals surface area contributed by atoms with Crippen LogP contribution in [0.4, 0.5) is 5.13 Å². The molecule has 0 spiro atoms. The van der Waals surface area contributed by atoms with Crippen molar-refractivity contribution in [1.82, 2.24) is 15.1 Å². The summed E-state index contributed by atoms with van der Waals surface area (Å²) in [6, 6.07) is 0. The van der Waals surface area contributed by atoms with Crippen LogP contribution in [-0.4, -0.2) is 34.7 Å². The van der Waals surface area contributed by atoms with Crippen LogP contribution in [0.3, 0.4) is 0 Å². The first kappa shape index (κ1) is 11.4. The largest absolute Gasteiger partial charge is 0.360 e. The fourth-order valence-electron chi connectivity index (χ4n) is 3.19. The van der Waals surface area contributed by atoms with Crippen LogP contribution in [0.1, 0.15) is 31.2 Å². The summed E-state index contributed by atoms with van der Waals surface area (Å²) in [5.41, 5.74) is 0. The van der Waals surface area contributed by atoms with Gasteiger partial charge in [0.05, 0.1) is 6.54 Å². The highest BCUT2D eigenvalue weighted by Crippen LogP contribution is 2.38. The van der Waals surface area contributed by atoms with Crippen LogP contribution in [0.15, 0.2) is 0 Å². The molecule has 1 saturated heterocycles. The van der Waals surface area contributed by atoms with Gasteiger partial charge in [-0.25, -0.2) is 0 Å². The number of nitrogens with zero attached hydrogens (tertiary/aromatic N) is 3. The van der Waals surface area contributed by atoms with Gasteiger partial charge in [0.1, 0.15) is 5.01 Å². The Morgan fingerprint density at radius 3 is 2.76 bits per heavy atom. The molecule has 0 aromatic carbocycles. The highest BCUT2D eigenvalue weighted by molar-refractivity contribution is 7.15. The van der Waals surface area contributed by atoms with Crippen LogP contribution in [0.25, 0.3) is 0 Å². The first-order valence-electron chi connectivity index (χ1n) is 6.63. The van der Waals surface area contributed by atoms with Crippen molar-refractivity contribution in [2.75, 3.05) is 25.0 Å². The van der Waals surface area contributed by atoms with Gasteiger partial charge >= 0.3 is 0 Å². The van der Waals surface area contributed by atoms with Crippen molar-refractivity contribution >= 4 is 16.5 Å². The van der Waals surface area contributed by atoms with Crippen molar-refractivity contribution in [3.05, 3.63) is 5.01 Å². The van der Waals surface area contributed by atoms with E-state index in [1.807, 2.05) is 0 Å². The molecular weight excluding hydrogens is 232 g/mol. The van der Waals surface area contributed by atoms with E-state index < -0.39 is 0 Å². The van der Waals surface area contributed by atoms with Crippen molar-refractivity contribution in [2.24, 2.45) is 11.8 Å². The van der Waals surface area contributed by atoms with Gasteiger partial charge in [0.2, 0.25) is 5.13 Å². The van der Waals surface area contributed by atoms with E-state index in [1.54, 1.807) is 11.3 Å². The maximum absolute atomic E-state index is 4.26. The lowest BCUT2D eigenvalue weighted by Crippen LogP contribution is -2.20. The molecule has 3 rings (SSSR count). The number of aromatic nitrogens is 2. The summed E-state index contributed by atoms with van der Waals surface area (Å²) in [5, 5.41) is 13.7. The summed E-state index contributed by atoms with van der Waals surface area (Å²) in [5.74, 6) is 1.94. The SMILES string of the molecule is CCNc1nnc(CN2CC3CCCC3C2)s1. The Kier molecular flexibility index (Phi) is 3.29. The number of nitrogens with one attached hydrogen (secondary N) is 1. The summed E-state index contributed by atoms with van der Waals surface area (Å²) in [4.78, 5) is 2.56. The normalized spacial score (nSPS) is 28.5. The zero-order valence-corrected chi connectivity index (χ0v) is 11.2. The molecule has 1 aromatic heterocycles. The maximum atomic E-state index is 4.26. The van der Waals surface area contributed by atoms with Crippen molar-refractivity contribution in [3.63, 3.8) is 0 Å². The Hall–Kier alpha value is -0.680.